The fourth-order valence-electron chi connectivity index (χ4n) is 7.32. The molecule has 5 unspecified atom stereocenters. The number of carbonyl (C=O) groups is 2. The Kier molecular flexibility index (Phi) is 7.84. The van der Waals surface area contributed by atoms with Crippen molar-refractivity contribution in [1.82, 2.24) is 15.6 Å². The SMILES string of the molecule is C=C(NN)c1ccc2c(c1)CCc1cc(C(N)=O)ccc1C2(C[C@@H](C)NCC(=O)N1C(C#N)CC2C(C)C21)C(N)=NC. The third-order valence-corrected chi connectivity index (χ3v) is 9.59. The number of rotatable bonds is 9. The first-order chi connectivity index (χ1) is 20.1. The molecule has 1 saturated carbocycles. The standard InChI is InChI=1S/C32H40N8O2/c1-17(38-16-28(41)40-24(15-33)13-25-18(2)29(25)40)14-32(31(35)37-4)26-9-7-20(19(3)39-36)11-21(26)5-6-22-12-23(30(34)42)8-10-27(22)32/h7-12,17-18,24-25,29,38-39H,3,5-6,13-14,16,36H2,1-2,4H3,(H2,34,42)(H2,35,37)/t17-,18?,24?,25?,29?,32?/m1/s1. The van der Waals surface area contributed by atoms with Crippen LogP contribution in [0.2, 0.25) is 0 Å². The van der Waals surface area contributed by atoms with Crippen LogP contribution in [0.5, 0.6) is 0 Å². The summed E-state index contributed by atoms with van der Waals surface area (Å²) in [5.41, 5.74) is 20.2. The average Bonchev–Trinajstić information content (AvgIpc) is 3.47. The van der Waals surface area contributed by atoms with Gasteiger partial charge >= 0.3 is 0 Å². The second-order valence-electron chi connectivity index (χ2n) is 11.9. The molecule has 1 aliphatic heterocycles. The number of benzene rings is 2. The van der Waals surface area contributed by atoms with Crippen molar-refractivity contribution in [3.05, 3.63) is 76.4 Å². The van der Waals surface area contributed by atoms with Gasteiger partial charge in [-0.05, 0) is 90.5 Å². The molecule has 2 aliphatic carbocycles. The van der Waals surface area contributed by atoms with Gasteiger partial charge in [-0.2, -0.15) is 5.26 Å². The maximum atomic E-state index is 13.3. The molecule has 2 aromatic carbocycles. The number of hydrazine groups is 1. The first-order valence-electron chi connectivity index (χ1n) is 14.5. The zero-order valence-electron chi connectivity index (χ0n) is 24.5. The largest absolute Gasteiger partial charge is 0.386 e. The topological polar surface area (TPSA) is 176 Å². The number of nitrogens with zero attached hydrogens (tertiary/aromatic N) is 3. The minimum Gasteiger partial charge on any atom is -0.386 e. The Morgan fingerprint density at radius 1 is 1.17 bits per heavy atom. The van der Waals surface area contributed by atoms with Gasteiger partial charge in [0.05, 0.1) is 18.0 Å². The zero-order chi connectivity index (χ0) is 30.3. The number of piperidine rings is 1. The summed E-state index contributed by atoms with van der Waals surface area (Å²) < 4.78 is 0. The van der Waals surface area contributed by atoms with Crippen molar-refractivity contribution in [2.24, 2.45) is 34.1 Å². The van der Waals surface area contributed by atoms with Crippen LogP contribution in [-0.2, 0) is 23.1 Å². The molecule has 0 radical (unpaired) electrons. The first-order valence-corrected chi connectivity index (χ1v) is 14.5. The first kappa shape index (κ1) is 29.3. The molecule has 8 N–H and O–H groups in total. The second kappa shape index (κ2) is 11.2. The van der Waals surface area contributed by atoms with Crippen molar-refractivity contribution >= 4 is 23.3 Å². The molecule has 220 valence electrons. The van der Waals surface area contributed by atoms with Crippen molar-refractivity contribution in [3.63, 3.8) is 0 Å². The molecular formula is C32H40N8O2. The number of nitriles is 1. The number of hydrogen-bond donors (Lipinski definition) is 5. The molecule has 5 rings (SSSR count). The Morgan fingerprint density at radius 3 is 2.36 bits per heavy atom. The molecule has 2 aromatic rings. The number of hydrogen-bond acceptors (Lipinski definition) is 7. The predicted molar refractivity (Wildman–Crippen MR) is 163 cm³/mol. The molecule has 6 atom stereocenters. The summed E-state index contributed by atoms with van der Waals surface area (Å²) in [4.78, 5) is 31.8. The third-order valence-electron chi connectivity index (χ3n) is 9.59. The minimum atomic E-state index is -0.851. The van der Waals surface area contributed by atoms with E-state index in [4.69, 9.17) is 17.3 Å². The second-order valence-corrected chi connectivity index (χ2v) is 11.9. The summed E-state index contributed by atoms with van der Waals surface area (Å²) in [6.07, 6.45) is 2.62. The lowest BCUT2D eigenvalue weighted by Crippen LogP contribution is -2.50. The van der Waals surface area contributed by atoms with Crippen LogP contribution in [0.1, 0.15) is 64.9 Å². The van der Waals surface area contributed by atoms with Crippen LogP contribution < -0.4 is 28.1 Å². The number of carbonyl (C=O) groups excluding carboxylic acids is 2. The molecule has 10 nitrogen and oxygen atoms in total. The maximum absolute atomic E-state index is 13.3. The van der Waals surface area contributed by atoms with Gasteiger partial charge in [0, 0.05) is 30.4 Å². The Bertz CT molecular complexity index is 1510. The average molecular weight is 569 g/mol. The van der Waals surface area contributed by atoms with E-state index in [-0.39, 0.29) is 30.6 Å². The number of aliphatic imine (C=N–C) groups is 1. The highest BCUT2D eigenvalue weighted by Gasteiger charge is 2.60. The Hall–Kier alpha value is -4.20. The molecule has 3 aliphatic rings. The van der Waals surface area contributed by atoms with Gasteiger partial charge in [0.25, 0.3) is 0 Å². The lowest BCUT2D eigenvalue weighted by Gasteiger charge is -2.38. The van der Waals surface area contributed by atoms with E-state index in [9.17, 15) is 14.9 Å². The summed E-state index contributed by atoms with van der Waals surface area (Å²) in [6.45, 7) is 8.31. The van der Waals surface area contributed by atoms with Crippen LogP contribution >= 0.6 is 0 Å². The van der Waals surface area contributed by atoms with Crippen molar-refractivity contribution < 1.29 is 9.59 Å². The van der Waals surface area contributed by atoms with Gasteiger partial charge in [-0.25, -0.2) is 0 Å². The van der Waals surface area contributed by atoms with E-state index in [0.29, 0.717) is 48.2 Å². The predicted octanol–water partition coefficient (Wildman–Crippen LogP) is 1.72. The molecule has 2 amide bonds. The molecule has 1 heterocycles. The van der Waals surface area contributed by atoms with Crippen LogP contribution in [0.3, 0.4) is 0 Å². The molecule has 0 aromatic heterocycles. The van der Waals surface area contributed by atoms with E-state index in [1.165, 1.54) is 0 Å². The number of fused-ring (bicyclic) bond motifs is 3. The fourth-order valence-corrected chi connectivity index (χ4v) is 7.32. The van der Waals surface area contributed by atoms with Gasteiger partial charge in [-0.15, -0.1) is 0 Å². The van der Waals surface area contributed by atoms with Crippen LogP contribution in [0.25, 0.3) is 5.70 Å². The van der Waals surface area contributed by atoms with E-state index in [2.05, 4.69) is 47.4 Å². The Balaban J connectivity index is 1.53. The molecular weight excluding hydrogens is 528 g/mol. The van der Waals surface area contributed by atoms with Gasteiger partial charge in [0.15, 0.2) is 0 Å². The van der Waals surface area contributed by atoms with Crippen LogP contribution in [0, 0.1) is 23.2 Å². The van der Waals surface area contributed by atoms with Gasteiger partial charge in [-0.3, -0.25) is 20.4 Å². The number of nitrogens with two attached hydrogens (primary N) is 3. The maximum Gasteiger partial charge on any atom is 0.248 e. The van der Waals surface area contributed by atoms with E-state index < -0.39 is 11.3 Å². The Morgan fingerprint density at radius 2 is 1.79 bits per heavy atom. The number of aryl methyl sites for hydroxylation is 2. The summed E-state index contributed by atoms with van der Waals surface area (Å²) >= 11 is 0. The monoisotopic (exact) mass is 568 g/mol. The van der Waals surface area contributed by atoms with Crippen LogP contribution in [-0.4, -0.2) is 54.3 Å². The van der Waals surface area contributed by atoms with Gasteiger partial charge in [-0.1, -0.05) is 31.7 Å². The van der Waals surface area contributed by atoms with E-state index in [1.54, 1.807) is 18.0 Å². The van der Waals surface area contributed by atoms with E-state index in [0.717, 1.165) is 34.2 Å². The van der Waals surface area contributed by atoms with Gasteiger partial charge < -0.3 is 27.1 Å². The zero-order valence-corrected chi connectivity index (χ0v) is 24.5. The number of nitrogens with one attached hydrogen (secondary N) is 2. The molecule has 0 bridgehead atoms. The van der Waals surface area contributed by atoms with Gasteiger partial charge in [0.1, 0.15) is 11.9 Å². The highest BCUT2D eigenvalue weighted by molar-refractivity contribution is 5.98. The molecule has 0 spiro atoms. The summed E-state index contributed by atoms with van der Waals surface area (Å²) in [5, 5.41) is 13.1. The van der Waals surface area contributed by atoms with Crippen molar-refractivity contribution in [3.8, 4) is 6.07 Å². The smallest absolute Gasteiger partial charge is 0.248 e. The number of amides is 2. The van der Waals surface area contributed by atoms with Crippen LogP contribution in [0.4, 0.5) is 0 Å². The van der Waals surface area contributed by atoms with Crippen LogP contribution in [0.15, 0.2) is 48.0 Å². The quantitative estimate of drug-likeness (QED) is 0.132. The summed E-state index contributed by atoms with van der Waals surface area (Å²) in [7, 11) is 1.68. The lowest BCUT2D eigenvalue weighted by atomic mass is 9.67. The van der Waals surface area contributed by atoms with Crippen molar-refractivity contribution in [1.29, 1.82) is 5.26 Å². The normalized spacial score (nSPS) is 26.6. The van der Waals surface area contributed by atoms with Crippen molar-refractivity contribution in [2.75, 3.05) is 13.6 Å². The number of amidine groups is 1. The van der Waals surface area contributed by atoms with E-state index in [1.807, 2.05) is 25.1 Å². The Labute approximate surface area is 247 Å². The molecule has 1 saturated heterocycles. The molecule has 42 heavy (non-hydrogen) atoms. The molecule has 2 fully saturated rings. The number of primary amides is 1. The van der Waals surface area contributed by atoms with Gasteiger partial charge in [0.2, 0.25) is 11.8 Å². The van der Waals surface area contributed by atoms with Crippen molar-refractivity contribution in [2.45, 2.75) is 63.1 Å². The number of likely N-dealkylation sites (tertiary alicyclic amines) is 1. The third kappa shape index (κ3) is 4.82. The summed E-state index contributed by atoms with van der Waals surface area (Å²) in [6, 6.07) is 13.6. The fraction of sp³-hybridized carbons (Fsp3) is 0.438. The summed E-state index contributed by atoms with van der Waals surface area (Å²) in [5.74, 6) is 6.42. The minimum absolute atomic E-state index is 0.0540. The highest BCUT2D eigenvalue weighted by Crippen LogP contribution is 2.53. The van der Waals surface area contributed by atoms with E-state index >= 15 is 0 Å². The highest BCUT2D eigenvalue weighted by atomic mass is 16.2. The molecule has 10 heteroatoms. The lowest BCUT2D eigenvalue weighted by molar-refractivity contribution is -0.131.